The lowest BCUT2D eigenvalue weighted by Gasteiger charge is -2.36. The van der Waals surface area contributed by atoms with E-state index in [0.717, 1.165) is 42.5 Å². The van der Waals surface area contributed by atoms with E-state index in [1.807, 2.05) is 11.8 Å². The lowest BCUT2D eigenvalue weighted by atomic mass is 9.94. The van der Waals surface area contributed by atoms with Crippen LogP contribution in [0.3, 0.4) is 0 Å². The Morgan fingerprint density at radius 2 is 1.98 bits per heavy atom. The molecule has 0 spiro atoms. The molecule has 0 amide bonds. The van der Waals surface area contributed by atoms with Crippen molar-refractivity contribution < 1.29 is 31.1 Å². The van der Waals surface area contributed by atoms with Crippen molar-refractivity contribution in [2.75, 3.05) is 50.0 Å². The maximum atomic E-state index is 16.7. The van der Waals surface area contributed by atoms with Gasteiger partial charge in [0.2, 0.25) is 0 Å². The number of nitrogens with zero attached hydrogens (tertiary/aromatic N) is 5. The lowest BCUT2D eigenvalue weighted by Crippen LogP contribution is -2.50. The van der Waals surface area contributed by atoms with Crippen LogP contribution in [-0.2, 0) is 6.18 Å². The first-order valence-corrected chi connectivity index (χ1v) is 15.2. The standard InChI is InChI=1S/C29H29F6N7OS/c1-14-11-37-6-8-42(14)25-17-9-18(29(33,34)35)20(16-3-4-19(31)24-23(16)38-26(36)44-24)21(32)22(17)39-27(40-25)43-13-28-5-2-7-41(28)12-15(30)10-28/h3-4,9,14-15,37H,2,5-8,10-13H2,1H3,(H2,36,38). The average molecular weight is 638 g/mol. The molecule has 234 valence electrons. The molecular weight excluding hydrogens is 608 g/mol. The number of benzene rings is 2. The maximum Gasteiger partial charge on any atom is 0.417 e. The molecule has 4 aromatic rings. The van der Waals surface area contributed by atoms with Gasteiger partial charge in [0.05, 0.1) is 21.3 Å². The monoisotopic (exact) mass is 637 g/mol. The van der Waals surface area contributed by atoms with E-state index in [1.165, 1.54) is 0 Å². The van der Waals surface area contributed by atoms with Crippen molar-refractivity contribution in [3.05, 3.63) is 35.4 Å². The molecular formula is C29H29F6N7OS. The zero-order valence-electron chi connectivity index (χ0n) is 23.6. The molecule has 44 heavy (non-hydrogen) atoms. The first-order valence-electron chi connectivity index (χ1n) is 14.4. The number of hydrogen-bond acceptors (Lipinski definition) is 9. The number of piperazine rings is 1. The lowest BCUT2D eigenvalue weighted by molar-refractivity contribution is -0.137. The number of rotatable bonds is 5. The third-order valence-electron chi connectivity index (χ3n) is 8.98. The van der Waals surface area contributed by atoms with Crippen LogP contribution in [0.25, 0.3) is 32.2 Å². The van der Waals surface area contributed by atoms with Crippen molar-refractivity contribution in [3.63, 3.8) is 0 Å². The van der Waals surface area contributed by atoms with Gasteiger partial charge in [-0.1, -0.05) is 11.3 Å². The minimum atomic E-state index is -5.00. The average Bonchev–Trinajstić information content (AvgIpc) is 3.64. The Bertz CT molecular complexity index is 1770. The third-order valence-corrected chi connectivity index (χ3v) is 9.87. The van der Waals surface area contributed by atoms with Crippen LogP contribution < -0.4 is 20.7 Å². The molecule has 0 aliphatic carbocycles. The van der Waals surface area contributed by atoms with Gasteiger partial charge < -0.3 is 20.7 Å². The zero-order valence-corrected chi connectivity index (χ0v) is 24.5. The molecule has 0 radical (unpaired) electrons. The van der Waals surface area contributed by atoms with E-state index >= 15 is 4.39 Å². The molecule has 3 fully saturated rings. The summed E-state index contributed by atoms with van der Waals surface area (Å²) in [6.07, 6.45) is -4.11. The van der Waals surface area contributed by atoms with E-state index in [-0.39, 0.29) is 62.7 Å². The summed E-state index contributed by atoms with van der Waals surface area (Å²) in [7, 11) is 0. The Balaban J connectivity index is 1.44. The number of nitrogens with two attached hydrogens (primary N) is 1. The summed E-state index contributed by atoms with van der Waals surface area (Å²) < 4.78 is 95.8. The number of thiazole rings is 1. The first-order chi connectivity index (χ1) is 20.9. The van der Waals surface area contributed by atoms with E-state index in [4.69, 9.17) is 10.5 Å². The van der Waals surface area contributed by atoms with Gasteiger partial charge in [0, 0.05) is 55.2 Å². The van der Waals surface area contributed by atoms with Crippen LogP contribution in [0, 0.1) is 11.6 Å². The van der Waals surface area contributed by atoms with Crippen LogP contribution >= 0.6 is 11.3 Å². The van der Waals surface area contributed by atoms with Crippen LogP contribution in [0.1, 0.15) is 31.7 Å². The summed E-state index contributed by atoms with van der Waals surface area (Å²) in [5, 5.41) is 3.02. The maximum absolute atomic E-state index is 16.7. The van der Waals surface area contributed by atoms with E-state index in [9.17, 15) is 22.0 Å². The number of fused-ring (bicyclic) bond motifs is 3. The van der Waals surface area contributed by atoms with Crippen LogP contribution in [-0.4, -0.2) is 76.9 Å². The number of nitrogen functional groups attached to an aromatic ring is 1. The molecule has 0 bridgehead atoms. The SMILES string of the molecule is CC1CNCCN1c1nc(OCC23CCCN2CC(F)C3)nc2c(F)c(-c3ccc(F)c4sc(N)nc34)c(C(F)(F)F)cc12. The van der Waals surface area contributed by atoms with E-state index in [1.54, 1.807) is 4.90 Å². The highest BCUT2D eigenvalue weighted by Crippen LogP contribution is 2.46. The fourth-order valence-electron chi connectivity index (χ4n) is 6.96. The predicted octanol–water partition coefficient (Wildman–Crippen LogP) is 5.54. The second-order valence-corrected chi connectivity index (χ2v) is 12.8. The molecule has 3 saturated heterocycles. The highest BCUT2D eigenvalue weighted by Gasteiger charge is 2.49. The predicted molar refractivity (Wildman–Crippen MR) is 156 cm³/mol. The molecule has 8 nitrogen and oxygen atoms in total. The Morgan fingerprint density at radius 3 is 2.75 bits per heavy atom. The van der Waals surface area contributed by atoms with Crippen LogP contribution in [0.4, 0.5) is 37.3 Å². The van der Waals surface area contributed by atoms with Gasteiger partial charge in [0.15, 0.2) is 10.9 Å². The fourth-order valence-corrected chi connectivity index (χ4v) is 7.72. The number of halogens is 6. The van der Waals surface area contributed by atoms with Crippen molar-refractivity contribution in [2.24, 2.45) is 0 Å². The van der Waals surface area contributed by atoms with E-state index in [2.05, 4.69) is 20.3 Å². The number of nitrogens with one attached hydrogen (secondary N) is 1. The molecule has 3 unspecified atom stereocenters. The fraction of sp³-hybridized carbons (Fsp3) is 0.483. The van der Waals surface area contributed by atoms with Crippen molar-refractivity contribution >= 4 is 43.4 Å². The molecule has 3 N–H and O–H groups in total. The highest BCUT2D eigenvalue weighted by molar-refractivity contribution is 7.22. The van der Waals surface area contributed by atoms with Gasteiger partial charge in [-0.15, -0.1) is 0 Å². The number of anilines is 2. The number of hydrogen-bond donors (Lipinski definition) is 2. The summed E-state index contributed by atoms with van der Waals surface area (Å²) >= 11 is 0.759. The zero-order chi connectivity index (χ0) is 31.0. The van der Waals surface area contributed by atoms with Crippen LogP contribution in [0.2, 0.25) is 0 Å². The molecule has 2 aromatic carbocycles. The topological polar surface area (TPSA) is 92.4 Å². The Hall–Kier alpha value is -3.43. The molecule has 3 aliphatic rings. The minimum absolute atomic E-state index is 0.0568. The van der Waals surface area contributed by atoms with Gasteiger partial charge in [-0.3, -0.25) is 4.90 Å². The highest BCUT2D eigenvalue weighted by atomic mass is 32.1. The van der Waals surface area contributed by atoms with Crippen molar-refractivity contribution in [2.45, 2.75) is 50.1 Å². The van der Waals surface area contributed by atoms with Crippen molar-refractivity contribution in [1.29, 1.82) is 0 Å². The molecule has 15 heteroatoms. The van der Waals surface area contributed by atoms with E-state index in [0.29, 0.717) is 32.6 Å². The van der Waals surface area contributed by atoms with Gasteiger partial charge in [-0.25, -0.2) is 18.2 Å². The van der Waals surface area contributed by atoms with Gasteiger partial charge >= 0.3 is 12.2 Å². The van der Waals surface area contributed by atoms with Gasteiger partial charge in [0.1, 0.15) is 29.9 Å². The molecule has 3 aliphatic heterocycles. The summed E-state index contributed by atoms with van der Waals surface area (Å²) in [5.74, 6) is -1.90. The van der Waals surface area contributed by atoms with E-state index < -0.39 is 40.6 Å². The second kappa shape index (κ2) is 10.6. The minimum Gasteiger partial charge on any atom is -0.461 e. The Labute approximate surface area is 252 Å². The summed E-state index contributed by atoms with van der Waals surface area (Å²) in [4.78, 5) is 16.7. The van der Waals surface area contributed by atoms with Gasteiger partial charge in [-0.2, -0.15) is 23.1 Å². The normalized spacial score (nSPS) is 24.5. The number of aromatic nitrogens is 3. The molecule has 7 rings (SSSR count). The van der Waals surface area contributed by atoms with Crippen LogP contribution in [0.15, 0.2) is 18.2 Å². The number of ether oxygens (including phenoxy) is 1. The second-order valence-electron chi connectivity index (χ2n) is 11.8. The molecule has 3 atom stereocenters. The summed E-state index contributed by atoms with van der Waals surface area (Å²) in [6.45, 7) is 4.44. The van der Waals surface area contributed by atoms with Crippen LogP contribution in [0.5, 0.6) is 6.01 Å². The summed E-state index contributed by atoms with van der Waals surface area (Å²) in [6, 6.07) is 2.47. The summed E-state index contributed by atoms with van der Waals surface area (Å²) in [5.41, 5.74) is 2.31. The van der Waals surface area contributed by atoms with Gasteiger partial charge in [0.25, 0.3) is 0 Å². The largest absolute Gasteiger partial charge is 0.461 e. The quantitative estimate of drug-likeness (QED) is 0.276. The van der Waals surface area contributed by atoms with Gasteiger partial charge in [-0.05, 0) is 44.5 Å². The molecule has 5 heterocycles. The molecule has 0 saturated carbocycles. The Morgan fingerprint density at radius 1 is 1.16 bits per heavy atom. The van der Waals surface area contributed by atoms with Crippen molar-refractivity contribution in [1.82, 2.24) is 25.2 Å². The first kappa shape index (κ1) is 29.3. The van der Waals surface area contributed by atoms with Crippen molar-refractivity contribution in [3.8, 4) is 17.1 Å². The third kappa shape index (κ3) is 4.79. The molecule has 2 aromatic heterocycles. The number of alkyl halides is 4. The smallest absolute Gasteiger partial charge is 0.417 e. The Kier molecular flexibility index (Phi) is 7.05.